The minimum Gasteiger partial charge on any atom is -0.511 e. The van der Waals surface area contributed by atoms with Crippen molar-refractivity contribution in [2.75, 3.05) is 6.61 Å². The normalized spacial score (nSPS) is 14.5. The number of fused-ring (bicyclic) bond motifs is 1. The summed E-state index contributed by atoms with van der Waals surface area (Å²) in [6.45, 7) is 2.07. The van der Waals surface area contributed by atoms with Crippen molar-refractivity contribution in [3.63, 3.8) is 0 Å². The van der Waals surface area contributed by atoms with Crippen LogP contribution in [0.5, 0.6) is 0 Å². The van der Waals surface area contributed by atoms with Crippen LogP contribution in [0, 0.1) is 3.57 Å². The number of hydrogen-bond acceptors (Lipinski definition) is 3. The van der Waals surface area contributed by atoms with Gasteiger partial charge in [0.1, 0.15) is 11.3 Å². The molecular weight excluding hydrogens is 331 g/mol. The van der Waals surface area contributed by atoms with Crippen molar-refractivity contribution in [3.8, 4) is 0 Å². The largest absolute Gasteiger partial charge is 0.511 e. The molecule has 0 spiro atoms. The second-order valence-corrected chi connectivity index (χ2v) is 4.97. The Labute approximate surface area is 114 Å². The van der Waals surface area contributed by atoms with Crippen LogP contribution in [0.15, 0.2) is 24.0 Å². The van der Waals surface area contributed by atoms with Crippen LogP contribution in [0.4, 0.5) is 0 Å². The molecule has 0 unspecified atom stereocenters. The van der Waals surface area contributed by atoms with Gasteiger partial charge in [0, 0.05) is 9.99 Å². The average molecular weight is 344 g/mol. The molecule has 0 amide bonds. The number of benzene rings is 1. The fourth-order valence-electron chi connectivity index (χ4n) is 2.00. The number of carbonyl (C=O) groups excluding carboxylic acids is 1. The molecule has 0 aliphatic heterocycles. The number of halogens is 1. The Morgan fingerprint density at radius 2 is 2.24 bits per heavy atom. The molecule has 0 bridgehead atoms. The van der Waals surface area contributed by atoms with Crippen LogP contribution >= 0.6 is 22.6 Å². The van der Waals surface area contributed by atoms with Gasteiger partial charge in [-0.15, -0.1) is 0 Å². The lowest BCUT2D eigenvalue weighted by Crippen LogP contribution is -2.15. The van der Waals surface area contributed by atoms with Crippen LogP contribution in [-0.2, 0) is 16.0 Å². The molecule has 0 aromatic heterocycles. The number of ether oxygens (including phenoxy) is 1. The van der Waals surface area contributed by atoms with E-state index in [2.05, 4.69) is 22.6 Å². The Morgan fingerprint density at radius 1 is 1.47 bits per heavy atom. The van der Waals surface area contributed by atoms with E-state index < -0.39 is 5.97 Å². The highest BCUT2D eigenvalue weighted by molar-refractivity contribution is 14.1. The Hall–Kier alpha value is -1.04. The second kappa shape index (κ2) is 5.08. The van der Waals surface area contributed by atoms with Gasteiger partial charge in [-0.25, -0.2) is 4.79 Å². The lowest BCUT2D eigenvalue weighted by atomic mass is 9.89. The molecule has 2 rings (SSSR count). The van der Waals surface area contributed by atoms with Gasteiger partial charge in [0.25, 0.3) is 0 Å². The first-order valence-corrected chi connectivity index (χ1v) is 6.60. The third kappa shape index (κ3) is 2.31. The van der Waals surface area contributed by atoms with Crippen molar-refractivity contribution in [2.45, 2.75) is 19.8 Å². The van der Waals surface area contributed by atoms with E-state index >= 15 is 0 Å². The predicted octanol–water partition coefficient (Wildman–Crippen LogP) is 3.07. The fraction of sp³-hybridized carbons (Fsp3) is 0.308. The van der Waals surface area contributed by atoms with Crippen molar-refractivity contribution in [1.82, 2.24) is 0 Å². The van der Waals surface area contributed by atoms with Crippen LogP contribution in [0.1, 0.15) is 24.5 Å². The van der Waals surface area contributed by atoms with Crippen LogP contribution in [0.2, 0.25) is 0 Å². The van der Waals surface area contributed by atoms with E-state index in [1.54, 1.807) is 6.92 Å². The van der Waals surface area contributed by atoms with Crippen molar-refractivity contribution in [3.05, 3.63) is 38.7 Å². The molecule has 0 heterocycles. The number of esters is 1. The molecule has 1 aromatic carbocycles. The summed E-state index contributed by atoms with van der Waals surface area (Å²) in [5.41, 5.74) is 2.25. The Bertz CT molecular complexity index is 491. The monoisotopic (exact) mass is 344 g/mol. The van der Waals surface area contributed by atoms with E-state index in [4.69, 9.17) is 4.74 Å². The summed E-state index contributed by atoms with van der Waals surface area (Å²) < 4.78 is 6.11. The number of rotatable bonds is 2. The van der Waals surface area contributed by atoms with Gasteiger partial charge in [-0.2, -0.15) is 0 Å². The number of aliphatic hydroxyl groups excluding tert-OH is 1. The molecule has 0 atom stereocenters. The highest BCUT2D eigenvalue weighted by atomic mass is 127. The molecule has 1 aliphatic carbocycles. The summed E-state index contributed by atoms with van der Waals surface area (Å²) in [4.78, 5) is 11.8. The Morgan fingerprint density at radius 3 is 2.94 bits per heavy atom. The van der Waals surface area contributed by atoms with Gasteiger partial charge in [0.2, 0.25) is 0 Å². The van der Waals surface area contributed by atoms with E-state index in [1.807, 2.05) is 18.2 Å². The molecule has 17 heavy (non-hydrogen) atoms. The van der Waals surface area contributed by atoms with Crippen molar-refractivity contribution in [1.29, 1.82) is 0 Å². The smallest absolute Gasteiger partial charge is 0.342 e. The molecule has 3 nitrogen and oxygen atoms in total. The molecule has 1 N–H and O–H groups in total. The molecule has 1 aromatic rings. The Kier molecular flexibility index (Phi) is 3.71. The number of aliphatic hydroxyl groups is 1. The molecule has 4 heteroatoms. The highest BCUT2D eigenvalue weighted by Crippen LogP contribution is 2.33. The first kappa shape index (κ1) is 12.4. The summed E-state index contributed by atoms with van der Waals surface area (Å²) >= 11 is 2.25. The maximum absolute atomic E-state index is 11.8. The first-order valence-electron chi connectivity index (χ1n) is 5.52. The van der Waals surface area contributed by atoms with E-state index in [-0.39, 0.29) is 5.76 Å². The van der Waals surface area contributed by atoms with E-state index in [0.29, 0.717) is 18.6 Å². The molecule has 0 saturated heterocycles. The van der Waals surface area contributed by atoms with Crippen LogP contribution < -0.4 is 0 Å². The van der Waals surface area contributed by atoms with Gasteiger partial charge in [-0.3, -0.25) is 0 Å². The SMILES string of the molecule is CCOC(=O)C1=C(O)CCc2c(I)cccc21. The standard InChI is InChI=1S/C13H13IO3/c1-2-17-13(16)12-9-4-3-5-10(14)8(9)6-7-11(12)15/h3-5,15H,2,6-7H2,1H3. The minimum absolute atomic E-state index is 0.137. The van der Waals surface area contributed by atoms with Gasteiger partial charge in [0.15, 0.2) is 0 Å². The van der Waals surface area contributed by atoms with E-state index in [1.165, 1.54) is 0 Å². The summed E-state index contributed by atoms with van der Waals surface area (Å²) in [6, 6.07) is 5.75. The number of hydrogen-bond donors (Lipinski definition) is 1. The quantitative estimate of drug-likeness (QED) is 0.663. The van der Waals surface area contributed by atoms with Crippen LogP contribution in [-0.4, -0.2) is 17.7 Å². The zero-order chi connectivity index (χ0) is 12.4. The van der Waals surface area contributed by atoms with Gasteiger partial charge < -0.3 is 9.84 Å². The maximum atomic E-state index is 11.8. The van der Waals surface area contributed by atoms with Gasteiger partial charge in [-0.1, -0.05) is 12.1 Å². The van der Waals surface area contributed by atoms with Gasteiger partial charge in [-0.05, 0) is 53.1 Å². The Balaban J connectivity index is 2.51. The first-order chi connectivity index (χ1) is 8.15. The zero-order valence-electron chi connectivity index (χ0n) is 9.50. The highest BCUT2D eigenvalue weighted by Gasteiger charge is 2.26. The predicted molar refractivity (Wildman–Crippen MR) is 73.7 cm³/mol. The lowest BCUT2D eigenvalue weighted by molar-refractivity contribution is -0.136. The van der Waals surface area contributed by atoms with E-state index in [9.17, 15) is 9.90 Å². The maximum Gasteiger partial charge on any atom is 0.342 e. The fourth-order valence-corrected chi connectivity index (χ4v) is 2.77. The topological polar surface area (TPSA) is 46.5 Å². The summed E-state index contributed by atoms with van der Waals surface area (Å²) in [5, 5.41) is 9.88. The van der Waals surface area contributed by atoms with Crippen molar-refractivity contribution in [2.24, 2.45) is 0 Å². The summed E-state index contributed by atoms with van der Waals surface area (Å²) in [5.74, 6) is -0.300. The molecule has 0 saturated carbocycles. The number of carbonyl (C=O) groups is 1. The third-order valence-electron chi connectivity index (χ3n) is 2.77. The number of allylic oxidation sites excluding steroid dienone is 1. The summed E-state index contributed by atoms with van der Waals surface area (Å²) in [6.07, 6.45) is 1.27. The summed E-state index contributed by atoms with van der Waals surface area (Å²) in [7, 11) is 0. The molecule has 1 aliphatic rings. The lowest BCUT2D eigenvalue weighted by Gasteiger charge is -2.20. The van der Waals surface area contributed by atoms with Crippen molar-refractivity contribution < 1.29 is 14.6 Å². The van der Waals surface area contributed by atoms with Gasteiger partial charge in [0.05, 0.1) is 6.61 Å². The molecule has 0 radical (unpaired) electrons. The average Bonchev–Trinajstić information content (AvgIpc) is 2.29. The van der Waals surface area contributed by atoms with E-state index in [0.717, 1.165) is 21.1 Å². The molecule has 0 fully saturated rings. The molecular formula is C13H13IO3. The molecule has 90 valence electrons. The van der Waals surface area contributed by atoms with Gasteiger partial charge >= 0.3 is 5.97 Å². The van der Waals surface area contributed by atoms with Crippen LogP contribution in [0.25, 0.3) is 5.57 Å². The van der Waals surface area contributed by atoms with Crippen LogP contribution in [0.3, 0.4) is 0 Å². The minimum atomic E-state index is -0.437. The second-order valence-electron chi connectivity index (χ2n) is 3.81. The van der Waals surface area contributed by atoms with Crippen molar-refractivity contribution >= 4 is 34.1 Å². The third-order valence-corrected chi connectivity index (χ3v) is 3.78. The zero-order valence-corrected chi connectivity index (χ0v) is 11.7.